The number of halogens is 1. The van der Waals surface area contributed by atoms with E-state index in [1.807, 2.05) is 60.7 Å². The smallest absolute Gasteiger partial charge is 0.411 e. The molecule has 6 N–H and O–H groups in total. The average Bonchev–Trinajstić information content (AvgIpc) is 3.29. The number of aromatic amines is 1. The van der Waals surface area contributed by atoms with Gasteiger partial charge in [0.15, 0.2) is 8.32 Å². The number of piperidine rings is 1. The molecule has 1 aliphatic heterocycles. The lowest BCUT2D eigenvalue weighted by Gasteiger charge is -2.39. The number of aromatic hydroxyl groups is 1. The number of hydrogen-bond donors (Lipinski definition) is 6. The van der Waals surface area contributed by atoms with E-state index < -0.39 is 26.6 Å². The van der Waals surface area contributed by atoms with E-state index in [4.69, 9.17) is 30.2 Å². The normalized spacial score (nSPS) is 14.0. The Kier molecular flexibility index (Phi) is 17.5. The molecule has 5 aromatic rings. The Morgan fingerprint density at radius 2 is 1.64 bits per heavy atom. The number of benzene rings is 4. The van der Waals surface area contributed by atoms with Crippen molar-refractivity contribution in [3.63, 3.8) is 0 Å². The van der Waals surface area contributed by atoms with E-state index in [2.05, 4.69) is 65.0 Å². The molecule has 3 amide bonds. The third-order valence-corrected chi connectivity index (χ3v) is 17.1. The summed E-state index contributed by atoms with van der Waals surface area (Å²) in [7, 11) is -0.764. The van der Waals surface area contributed by atoms with Crippen LogP contribution in [-0.2, 0) is 25.2 Å². The van der Waals surface area contributed by atoms with E-state index in [0.29, 0.717) is 93.0 Å². The second-order valence-corrected chi connectivity index (χ2v) is 23.3. The van der Waals surface area contributed by atoms with Crippen LogP contribution in [0.15, 0.2) is 95.8 Å². The van der Waals surface area contributed by atoms with Crippen molar-refractivity contribution in [1.29, 1.82) is 0 Å². The number of carbonyl (C=O) groups is 3. The molecule has 1 unspecified atom stereocenters. The standard InChI is InChI=1S/C50H63ClN6O9Si/c1-50(2,3)67(5,6)66-44(37-17-19-42(58)47-38(37)18-20-46(60)56-47)32-52-31-34-29-39(51)41(30-43(34)63-4)55-48(61)64-28-12-24-53-45(59)23-27-57-25-21-35(22-26-57)65-49(62)54-40-16-11-10-15-36(40)33-13-8-7-9-14-33/h7-11,13-20,29-30,35,44,52,58H,12,21-28,31-32H2,1-6H3,(H,53,59)(H,54,62)(H,55,61)(H,56,60). The van der Waals surface area contributed by atoms with Gasteiger partial charge < -0.3 is 44.3 Å². The fourth-order valence-corrected chi connectivity index (χ4v) is 9.11. The van der Waals surface area contributed by atoms with E-state index in [1.165, 1.54) is 13.2 Å². The average molecular weight is 956 g/mol. The number of aromatic nitrogens is 1. The van der Waals surface area contributed by atoms with Gasteiger partial charge in [0.2, 0.25) is 11.5 Å². The topological polar surface area (TPSA) is 193 Å². The number of nitrogens with zero attached hydrogens (tertiary/aromatic N) is 1. The summed E-state index contributed by atoms with van der Waals surface area (Å²) in [4.78, 5) is 55.2. The van der Waals surface area contributed by atoms with Crippen LogP contribution in [0.3, 0.4) is 0 Å². The summed E-state index contributed by atoms with van der Waals surface area (Å²) in [5.41, 5.74) is 4.53. The molecule has 0 aliphatic carbocycles. The maximum atomic E-state index is 12.8. The molecule has 4 aromatic carbocycles. The molecule has 358 valence electrons. The number of nitrogens with one attached hydrogen (secondary N) is 5. The predicted octanol–water partition coefficient (Wildman–Crippen LogP) is 9.57. The Hall–Kier alpha value is -5.91. The van der Waals surface area contributed by atoms with Gasteiger partial charge in [-0.15, -0.1) is 0 Å². The first-order chi connectivity index (χ1) is 32.0. The number of anilines is 2. The van der Waals surface area contributed by atoms with Crippen LogP contribution >= 0.6 is 11.6 Å². The highest BCUT2D eigenvalue weighted by molar-refractivity contribution is 6.74. The van der Waals surface area contributed by atoms with Gasteiger partial charge in [-0.25, -0.2) is 9.59 Å². The number of hydrogen-bond acceptors (Lipinski definition) is 11. The number of H-pyrrole nitrogens is 1. The first kappa shape index (κ1) is 50.5. The molecular formula is C50H63ClN6O9Si. The monoisotopic (exact) mass is 954 g/mol. The van der Waals surface area contributed by atoms with Crippen LogP contribution in [0.5, 0.6) is 11.5 Å². The molecule has 67 heavy (non-hydrogen) atoms. The van der Waals surface area contributed by atoms with Crippen LogP contribution in [0, 0.1) is 0 Å². The molecular weight excluding hydrogens is 892 g/mol. The van der Waals surface area contributed by atoms with Crippen LogP contribution in [-0.4, -0.2) is 93.9 Å². The fourth-order valence-electron chi connectivity index (χ4n) is 7.61. The van der Waals surface area contributed by atoms with E-state index in [9.17, 15) is 24.3 Å². The molecule has 2 heterocycles. The van der Waals surface area contributed by atoms with Crippen molar-refractivity contribution in [1.82, 2.24) is 20.5 Å². The summed E-state index contributed by atoms with van der Waals surface area (Å²) >= 11 is 6.65. The summed E-state index contributed by atoms with van der Waals surface area (Å²) in [5.74, 6) is 0.371. The molecule has 0 spiro atoms. The van der Waals surface area contributed by atoms with Gasteiger partial charge in [-0.1, -0.05) is 87.0 Å². The number of ether oxygens (including phenoxy) is 3. The second-order valence-electron chi connectivity index (χ2n) is 18.1. The molecule has 0 radical (unpaired) electrons. The van der Waals surface area contributed by atoms with E-state index in [1.54, 1.807) is 24.3 Å². The van der Waals surface area contributed by atoms with Crippen LogP contribution in [0.25, 0.3) is 22.0 Å². The molecule has 1 aliphatic rings. The number of amides is 3. The lowest BCUT2D eigenvalue weighted by atomic mass is 10.0. The second kappa shape index (κ2) is 23.2. The zero-order valence-corrected chi connectivity index (χ0v) is 40.9. The quantitative estimate of drug-likeness (QED) is 0.0341. The lowest BCUT2D eigenvalue weighted by Crippen LogP contribution is -2.43. The van der Waals surface area contributed by atoms with Crippen molar-refractivity contribution < 1.29 is 38.1 Å². The minimum absolute atomic E-state index is 0.0218. The van der Waals surface area contributed by atoms with Crippen LogP contribution in [0.2, 0.25) is 23.2 Å². The third-order valence-electron chi connectivity index (χ3n) is 12.3. The van der Waals surface area contributed by atoms with Gasteiger partial charge in [0.25, 0.3) is 0 Å². The lowest BCUT2D eigenvalue weighted by molar-refractivity contribution is -0.121. The van der Waals surface area contributed by atoms with Gasteiger partial charge >= 0.3 is 12.2 Å². The van der Waals surface area contributed by atoms with Gasteiger partial charge in [-0.3, -0.25) is 20.2 Å². The van der Waals surface area contributed by atoms with E-state index in [-0.39, 0.29) is 40.0 Å². The Bertz CT molecular complexity index is 2540. The highest BCUT2D eigenvalue weighted by Crippen LogP contribution is 2.41. The predicted molar refractivity (Wildman–Crippen MR) is 266 cm³/mol. The van der Waals surface area contributed by atoms with Crippen LogP contribution < -0.4 is 31.6 Å². The highest BCUT2D eigenvalue weighted by atomic mass is 35.5. The molecule has 1 fully saturated rings. The maximum absolute atomic E-state index is 12.8. The molecule has 0 bridgehead atoms. The first-order valence-corrected chi connectivity index (χ1v) is 25.9. The Morgan fingerprint density at radius 1 is 0.925 bits per heavy atom. The number of phenols is 1. The Labute approximate surface area is 398 Å². The highest BCUT2D eigenvalue weighted by Gasteiger charge is 2.40. The molecule has 6 rings (SSSR count). The van der Waals surface area contributed by atoms with Gasteiger partial charge in [0.05, 0.1) is 41.7 Å². The minimum Gasteiger partial charge on any atom is -0.506 e. The molecule has 1 atom stereocenters. The van der Waals surface area contributed by atoms with Crippen molar-refractivity contribution in [2.75, 3.05) is 57.1 Å². The van der Waals surface area contributed by atoms with Gasteiger partial charge in [0, 0.05) is 74.3 Å². The maximum Gasteiger partial charge on any atom is 0.411 e. The number of fused-ring (bicyclic) bond motifs is 1. The summed E-state index contributed by atoms with van der Waals surface area (Å²) < 4.78 is 23.7. The molecule has 15 nitrogen and oxygen atoms in total. The number of phenolic OH excluding ortho intramolecular Hbond substituents is 1. The number of para-hydroxylation sites is 1. The SMILES string of the molecule is COc1cc(NC(=O)OCCCNC(=O)CCN2CCC(OC(=O)Nc3ccccc3-c3ccccc3)CC2)c(Cl)cc1CNCC(O[Si](C)(C)C(C)(C)C)c1ccc(O)c2[nH]c(=O)ccc12. The molecule has 0 saturated carbocycles. The van der Waals surface area contributed by atoms with E-state index >= 15 is 0 Å². The summed E-state index contributed by atoms with van der Waals surface area (Å²) in [6.45, 7) is 14.0. The van der Waals surface area contributed by atoms with Crippen LogP contribution in [0.4, 0.5) is 21.0 Å². The van der Waals surface area contributed by atoms with Crippen molar-refractivity contribution in [3.05, 3.63) is 117 Å². The number of pyridine rings is 1. The summed E-state index contributed by atoms with van der Waals surface area (Å²) in [6.07, 6.45) is 0.276. The van der Waals surface area contributed by atoms with Gasteiger partial charge in [-0.2, -0.15) is 0 Å². The number of rotatable bonds is 19. The number of methoxy groups -OCH3 is 1. The zero-order valence-electron chi connectivity index (χ0n) is 39.1. The van der Waals surface area contributed by atoms with Gasteiger partial charge in [-0.05, 0) is 72.8 Å². The molecule has 17 heteroatoms. The van der Waals surface area contributed by atoms with E-state index in [0.717, 1.165) is 22.3 Å². The Morgan fingerprint density at radius 3 is 2.37 bits per heavy atom. The largest absolute Gasteiger partial charge is 0.506 e. The van der Waals surface area contributed by atoms with Crippen molar-refractivity contribution in [2.45, 2.75) is 83.3 Å². The van der Waals surface area contributed by atoms with Crippen molar-refractivity contribution in [3.8, 4) is 22.6 Å². The van der Waals surface area contributed by atoms with Crippen LogP contribution in [0.1, 0.15) is 63.7 Å². The first-order valence-electron chi connectivity index (χ1n) is 22.7. The number of likely N-dealkylation sites (tertiary alicyclic amines) is 1. The van der Waals surface area contributed by atoms with Crippen molar-refractivity contribution >= 4 is 60.3 Å². The minimum atomic E-state index is -2.30. The molecule has 1 aromatic heterocycles. The molecule has 1 saturated heterocycles. The summed E-state index contributed by atoms with van der Waals surface area (Å²) in [6, 6.07) is 27.4. The summed E-state index contributed by atoms with van der Waals surface area (Å²) in [5, 5.41) is 23.4. The van der Waals surface area contributed by atoms with Gasteiger partial charge in [0.1, 0.15) is 17.6 Å². The zero-order chi connectivity index (χ0) is 48.1. The number of carbonyl (C=O) groups excluding carboxylic acids is 3. The fraction of sp³-hybridized carbons (Fsp3) is 0.400. The van der Waals surface area contributed by atoms with Crippen molar-refractivity contribution in [2.24, 2.45) is 0 Å². The third kappa shape index (κ3) is 14.1. The Balaban J connectivity index is 0.896.